The first kappa shape index (κ1) is 16.3. The van der Waals surface area contributed by atoms with Crippen molar-refractivity contribution in [2.75, 3.05) is 25.0 Å². The number of carbonyl (C=O) groups is 2. The molecule has 1 aliphatic rings. The number of rotatable bonds is 5. The largest absolute Gasteiger partial charge is 0.481 e. The molecule has 0 aromatic carbocycles. The lowest BCUT2D eigenvalue weighted by Crippen LogP contribution is -2.45. The highest BCUT2D eigenvalue weighted by Crippen LogP contribution is 2.28. The van der Waals surface area contributed by atoms with E-state index in [4.69, 9.17) is 9.63 Å². The van der Waals surface area contributed by atoms with Crippen molar-refractivity contribution in [3.63, 3.8) is 0 Å². The third kappa shape index (κ3) is 3.38. The van der Waals surface area contributed by atoms with Gasteiger partial charge in [0.05, 0.1) is 13.0 Å². The van der Waals surface area contributed by atoms with Crippen molar-refractivity contribution in [2.24, 2.45) is 0 Å². The predicted molar refractivity (Wildman–Crippen MR) is 79.8 cm³/mol. The number of aromatic nitrogens is 1. The average Bonchev–Trinajstić information content (AvgIpc) is 2.95. The van der Waals surface area contributed by atoms with Crippen molar-refractivity contribution < 1.29 is 19.2 Å². The summed E-state index contributed by atoms with van der Waals surface area (Å²) in [7, 11) is 1.69. The molecule has 1 atom stereocenters. The molecule has 1 aromatic rings. The lowest BCUT2D eigenvalue weighted by atomic mass is 9.93. The number of hydrogen-bond acceptors (Lipinski definition) is 5. The number of carboxylic acid groups (broad SMARTS) is 1. The Hall–Kier alpha value is -2.09. The zero-order valence-corrected chi connectivity index (χ0v) is 13.3. The van der Waals surface area contributed by atoms with E-state index in [1.54, 1.807) is 18.0 Å². The Morgan fingerprint density at radius 1 is 1.55 bits per heavy atom. The lowest BCUT2D eigenvalue weighted by molar-refractivity contribution is -0.136. The topological polar surface area (TPSA) is 98.9 Å². The highest BCUT2D eigenvalue weighted by molar-refractivity contribution is 5.93. The second-order valence-electron chi connectivity index (χ2n) is 6.45. The monoisotopic (exact) mass is 310 g/mol. The van der Waals surface area contributed by atoms with Gasteiger partial charge in [-0.1, -0.05) is 25.9 Å². The third-order valence-corrected chi connectivity index (χ3v) is 3.49. The highest BCUT2D eigenvalue weighted by Gasteiger charge is 2.38. The maximum absolute atomic E-state index is 12.3. The van der Waals surface area contributed by atoms with Crippen LogP contribution in [-0.4, -0.2) is 53.5 Å². The Balaban J connectivity index is 2.15. The first-order valence-electron chi connectivity index (χ1n) is 7.17. The fourth-order valence-corrected chi connectivity index (χ4v) is 2.23. The van der Waals surface area contributed by atoms with Gasteiger partial charge in [-0.05, 0) is 0 Å². The lowest BCUT2D eigenvalue weighted by Gasteiger charge is -2.21. The number of nitrogens with zero attached hydrogens (tertiary/aromatic N) is 3. The molecule has 1 aliphatic heterocycles. The van der Waals surface area contributed by atoms with E-state index in [-0.39, 0.29) is 30.6 Å². The number of carbonyl (C=O) groups excluding carboxylic acids is 1. The van der Waals surface area contributed by atoms with Gasteiger partial charge < -0.3 is 14.5 Å². The van der Waals surface area contributed by atoms with Crippen LogP contribution < -0.4 is 10.2 Å². The van der Waals surface area contributed by atoms with Gasteiger partial charge in [0.25, 0.3) is 0 Å². The summed E-state index contributed by atoms with van der Waals surface area (Å²) in [4.78, 5) is 26.0. The van der Waals surface area contributed by atoms with Crippen LogP contribution in [0.25, 0.3) is 0 Å². The molecule has 2 N–H and O–H groups in total. The average molecular weight is 310 g/mol. The third-order valence-electron chi connectivity index (χ3n) is 3.49. The summed E-state index contributed by atoms with van der Waals surface area (Å²) in [6.07, 6.45) is -0.330. The number of urea groups is 1. The molecule has 122 valence electrons. The van der Waals surface area contributed by atoms with Gasteiger partial charge in [-0.2, -0.15) is 0 Å². The summed E-state index contributed by atoms with van der Waals surface area (Å²) >= 11 is 0. The van der Waals surface area contributed by atoms with E-state index < -0.39 is 5.97 Å². The fourth-order valence-electron chi connectivity index (χ4n) is 2.23. The molecular formula is C14H22N4O4. The van der Waals surface area contributed by atoms with Gasteiger partial charge >= 0.3 is 12.0 Å². The SMILES string of the molecule is CN1CC(NCCC(=O)O)N(c2cc(C(C)(C)C)on2)C1=O. The molecule has 2 amide bonds. The summed E-state index contributed by atoms with van der Waals surface area (Å²) in [5, 5.41) is 15.8. The molecule has 2 heterocycles. The van der Waals surface area contributed by atoms with Crippen molar-refractivity contribution in [3.05, 3.63) is 11.8 Å². The van der Waals surface area contributed by atoms with Crippen LogP contribution in [0.3, 0.4) is 0 Å². The standard InChI is InChI=1S/C14H22N4O4/c1-14(2,3)9-7-10(16-22-9)18-11(8-17(4)13(18)21)15-6-5-12(19)20/h7,11,15H,5-6,8H2,1-4H3,(H,19,20). The normalized spacial score (nSPS) is 19.1. The number of likely N-dealkylation sites (N-methyl/N-ethyl adjacent to an activating group) is 1. The van der Waals surface area contributed by atoms with Gasteiger partial charge in [-0.3, -0.25) is 15.0 Å². The predicted octanol–water partition coefficient (Wildman–Crippen LogP) is 1.23. The van der Waals surface area contributed by atoms with Crippen LogP contribution in [-0.2, 0) is 10.2 Å². The summed E-state index contributed by atoms with van der Waals surface area (Å²) < 4.78 is 5.33. The molecule has 1 saturated heterocycles. The molecule has 0 bridgehead atoms. The molecule has 1 fully saturated rings. The Kier molecular flexibility index (Phi) is 4.41. The van der Waals surface area contributed by atoms with Crippen LogP contribution >= 0.6 is 0 Å². The van der Waals surface area contributed by atoms with Crippen LogP contribution in [0.2, 0.25) is 0 Å². The number of nitrogens with one attached hydrogen (secondary N) is 1. The summed E-state index contributed by atoms with van der Waals surface area (Å²) in [6.45, 7) is 6.73. The van der Waals surface area contributed by atoms with E-state index in [2.05, 4.69) is 10.5 Å². The number of anilines is 1. The van der Waals surface area contributed by atoms with Gasteiger partial charge in [0.2, 0.25) is 0 Å². The first-order valence-corrected chi connectivity index (χ1v) is 7.17. The Morgan fingerprint density at radius 3 is 2.77 bits per heavy atom. The molecule has 2 rings (SSSR count). The van der Waals surface area contributed by atoms with Gasteiger partial charge in [-0.15, -0.1) is 0 Å². The van der Waals surface area contributed by atoms with Gasteiger partial charge in [0.15, 0.2) is 5.82 Å². The van der Waals surface area contributed by atoms with Crippen molar-refractivity contribution >= 4 is 17.8 Å². The highest BCUT2D eigenvalue weighted by atomic mass is 16.5. The molecular weight excluding hydrogens is 288 g/mol. The van der Waals surface area contributed by atoms with Gasteiger partial charge in [0, 0.05) is 25.1 Å². The number of aliphatic carboxylic acids is 1. The molecule has 8 heteroatoms. The van der Waals surface area contributed by atoms with Gasteiger partial charge in [0.1, 0.15) is 11.9 Å². The fraction of sp³-hybridized carbons (Fsp3) is 0.643. The summed E-state index contributed by atoms with van der Waals surface area (Å²) in [5.41, 5.74) is -0.202. The second-order valence-corrected chi connectivity index (χ2v) is 6.45. The van der Waals surface area contributed by atoms with E-state index in [0.717, 1.165) is 0 Å². The molecule has 8 nitrogen and oxygen atoms in total. The van der Waals surface area contributed by atoms with Gasteiger partial charge in [-0.25, -0.2) is 4.79 Å². The van der Waals surface area contributed by atoms with Crippen LogP contribution in [0.15, 0.2) is 10.6 Å². The Labute approximate surface area is 129 Å². The van der Waals surface area contributed by atoms with Crippen LogP contribution in [0, 0.1) is 0 Å². The van der Waals surface area contributed by atoms with Crippen molar-refractivity contribution in [1.82, 2.24) is 15.4 Å². The van der Waals surface area contributed by atoms with Crippen LogP contribution in [0.1, 0.15) is 33.0 Å². The molecule has 1 unspecified atom stereocenters. The van der Waals surface area contributed by atoms with E-state index in [1.807, 2.05) is 20.8 Å². The van der Waals surface area contributed by atoms with Crippen molar-refractivity contribution in [2.45, 2.75) is 38.8 Å². The second kappa shape index (κ2) is 5.96. The maximum atomic E-state index is 12.3. The number of amides is 2. The smallest absolute Gasteiger partial charge is 0.327 e. The minimum absolute atomic E-state index is 0.00565. The number of carboxylic acids is 1. The van der Waals surface area contributed by atoms with Crippen LogP contribution in [0.4, 0.5) is 10.6 Å². The zero-order chi connectivity index (χ0) is 16.5. The molecule has 0 radical (unpaired) electrons. The minimum Gasteiger partial charge on any atom is -0.481 e. The summed E-state index contributed by atoms with van der Waals surface area (Å²) in [5.74, 6) is 0.245. The number of hydrogen-bond donors (Lipinski definition) is 2. The first-order chi connectivity index (χ1) is 10.2. The quantitative estimate of drug-likeness (QED) is 0.849. The minimum atomic E-state index is -0.881. The molecule has 1 aromatic heterocycles. The van der Waals surface area contributed by atoms with E-state index in [1.165, 1.54) is 4.90 Å². The molecule has 22 heavy (non-hydrogen) atoms. The van der Waals surface area contributed by atoms with E-state index in [0.29, 0.717) is 18.1 Å². The van der Waals surface area contributed by atoms with E-state index >= 15 is 0 Å². The van der Waals surface area contributed by atoms with E-state index in [9.17, 15) is 9.59 Å². The summed E-state index contributed by atoms with van der Waals surface area (Å²) in [6, 6.07) is 1.56. The molecule has 0 spiro atoms. The molecule has 0 saturated carbocycles. The van der Waals surface area contributed by atoms with Crippen molar-refractivity contribution in [1.29, 1.82) is 0 Å². The molecule has 0 aliphatic carbocycles. The van der Waals surface area contributed by atoms with Crippen LogP contribution in [0.5, 0.6) is 0 Å². The zero-order valence-electron chi connectivity index (χ0n) is 13.3. The Bertz CT molecular complexity index is 563. The van der Waals surface area contributed by atoms with Crippen molar-refractivity contribution in [3.8, 4) is 0 Å². The maximum Gasteiger partial charge on any atom is 0.327 e. The Morgan fingerprint density at radius 2 is 2.23 bits per heavy atom.